The van der Waals surface area contributed by atoms with Gasteiger partial charge in [0.05, 0.1) is 6.61 Å². The van der Waals surface area contributed by atoms with Gasteiger partial charge in [0.15, 0.2) is 0 Å². The third-order valence-corrected chi connectivity index (χ3v) is 4.33. The maximum Gasteiger partial charge on any atom is 0.323 e. The lowest BCUT2D eigenvalue weighted by molar-refractivity contribution is -0.139. The van der Waals surface area contributed by atoms with E-state index < -0.39 is 0 Å². The first-order valence-electron chi connectivity index (χ1n) is 4.66. The Morgan fingerprint density at radius 3 is 2.77 bits per heavy atom. The highest BCUT2D eigenvalue weighted by Gasteiger charge is 2.42. The number of ether oxygens (including phenoxy) is 1. The van der Waals surface area contributed by atoms with Gasteiger partial charge in [-0.25, -0.2) is 0 Å². The quantitative estimate of drug-likeness (QED) is 0.670. The fraction of sp³-hybridized carbons (Fsp3) is 0.889. The van der Waals surface area contributed by atoms with Crippen LogP contribution in [0.2, 0.25) is 0 Å². The van der Waals surface area contributed by atoms with E-state index in [1.54, 1.807) is 0 Å². The van der Waals surface area contributed by atoms with Gasteiger partial charge in [-0.3, -0.25) is 10.1 Å². The summed E-state index contributed by atoms with van der Waals surface area (Å²) in [5.74, 6) is 1.03. The van der Waals surface area contributed by atoms with Crippen LogP contribution in [-0.2, 0) is 9.53 Å². The summed E-state index contributed by atoms with van der Waals surface area (Å²) in [7, 11) is 0. The number of hydrogen-bond donors (Lipinski definition) is 1. The SMILES string of the molecule is CC1(C)SCC1NC1CCOC1=O. The Bertz CT molecular complexity index is 230. The molecule has 0 bridgehead atoms. The molecule has 2 rings (SSSR count). The van der Waals surface area contributed by atoms with Crippen molar-refractivity contribution in [3.8, 4) is 0 Å². The number of cyclic esters (lactones) is 1. The van der Waals surface area contributed by atoms with Crippen molar-refractivity contribution in [2.45, 2.75) is 37.1 Å². The molecule has 0 aromatic carbocycles. The first-order chi connectivity index (χ1) is 6.09. The molecular formula is C9H15NO2S. The number of nitrogens with one attached hydrogen (secondary N) is 1. The molecule has 0 spiro atoms. The maximum absolute atomic E-state index is 11.2. The number of hydrogen-bond acceptors (Lipinski definition) is 4. The average molecular weight is 201 g/mol. The Hall–Kier alpha value is -0.220. The molecule has 0 radical (unpaired) electrons. The molecule has 13 heavy (non-hydrogen) atoms. The van der Waals surface area contributed by atoms with Gasteiger partial charge in [-0.2, -0.15) is 11.8 Å². The lowest BCUT2D eigenvalue weighted by Gasteiger charge is -2.45. The fourth-order valence-electron chi connectivity index (χ4n) is 1.64. The third-order valence-electron chi connectivity index (χ3n) is 2.80. The maximum atomic E-state index is 11.2. The molecule has 2 aliphatic heterocycles. The van der Waals surface area contributed by atoms with Gasteiger partial charge < -0.3 is 4.74 Å². The van der Waals surface area contributed by atoms with Crippen LogP contribution in [0.15, 0.2) is 0 Å². The van der Waals surface area contributed by atoms with Crippen LogP contribution in [0, 0.1) is 0 Å². The van der Waals surface area contributed by atoms with Gasteiger partial charge in [0, 0.05) is 23.0 Å². The van der Waals surface area contributed by atoms with Crippen molar-refractivity contribution in [2.24, 2.45) is 0 Å². The smallest absolute Gasteiger partial charge is 0.323 e. The molecule has 2 heterocycles. The molecule has 0 amide bonds. The van der Waals surface area contributed by atoms with Gasteiger partial charge in [-0.15, -0.1) is 0 Å². The standard InChI is InChI=1S/C9H15NO2S/c1-9(2)7(5-13-9)10-6-3-4-12-8(6)11/h6-7,10H,3-5H2,1-2H3. The summed E-state index contributed by atoms with van der Waals surface area (Å²) in [6.07, 6.45) is 0.829. The summed E-state index contributed by atoms with van der Waals surface area (Å²) < 4.78 is 5.18. The van der Waals surface area contributed by atoms with Crippen molar-refractivity contribution in [3.05, 3.63) is 0 Å². The Morgan fingerprint density at radius 2 is 2.38 bits per heavy atom. The van der Waals surface area contributed by atoms with E-state index >= 15 is 0 Å². The molecule has 74 valence electrons. The molecule has 2 atom stereocenters. The Balaban J connectivity index is 1.88. The van der Waals surface area contributed by atoms with Gasteiger partial charge in [-0.1, -0.05) is 0 Å². The lowest BCUT2D eigenvalue weighted by atomic mass is 10.0. The first kappa shape index (κ1) is 9.34. The van der Waals surface area contributed by atoms with Gasteiger partial charge in [0.1, 0.15) is 6.04 Å². The van der Waals surface area contributed by atoms with E-state index in [2.05, 4.69) is 19.2 Å². The number of carbonyl (C=O) groups excluding carboxylic acids is 1. The molecule has 2 unspecified atom stereocenters. The summed E-state index contributed by atoms with van der Waals surface area (Å²) in [6.45, 7) is 5.00. The van der Waals surface area contributed by atoms with Crippen molar-refractivity contribution >= 4 is 17.7 Å². The van der Waals surface area contributed by atoms with E-state index in [0.29, 0.717) is 12.6 Å². The predicted octanol–water partition coefficient (Wildman–Crippen LogP) is 0.785. The van der Waals surface area contributed by atoms with E-state index in [1.807, 2.05) is 11.8 Å². The van der Waals surface area contributed by atoms with E-state index in [0.717, 1.165) is 12.2 Å². The molecule has 2 saturated heterocycles. The molecule has 0 aromatic heterocycles. The summed E-state index contributed by atoms with van der Waals surface area (Å²) in [5, 5.41) is 3.36. The van der Waals surface area contributed by atoms with Crippen molar-refractivity contribution in [2.75, 3.05) is 12.4 Å². The highest BCUT2D eigenvalue weighted by Crippen LogP contribution is 2.40. The summed E-state index contributed by atoms with van der Waals surface area (Å²) in [4.78, 5) is 11.2. The van der Waals surface area contributed by atoms with E-state index in [-0.39, 0.29) is 16.8 Å². The normalized spacial score (nSPS) is 36.9. The third kappa shape index (κ3) is 1.70. The number of thioether (sulfide) groups is 1. The zero-order valence-electron chi connectivity index (χ0n) is 8.00. The minimum Gasteiger partial charge on any atom is -0.464 e. The van der Waals surface area contributed by atoms with Crippen LogP contribution in [0.5, 0.6) is 0 Å². The van der Waals surface area contributed by atoms with Crippen LogP contribution >= 0.6 is 11.8 Å². The predicted molar refractivity (Wildman–Crippen MR) is 52.8 cm³/mol. The van der Waals surface area contributed by atoms with Gasteiger partial charge in [-0.05, 0) is 13.8 Å². The monoisotopic (exact) mass is 201 g/mol. The van der Waals surface area contributed by atoms with Crippen LogP contribution in [0.3, 0.4) is 0 Å². The largest absolute Gasteiger partial charge is 0.464 e. The lowest BCUT2D eigenvalue weighted by Crippen LogP contribution is -2.58. The Morgan fingerprint density at radius 1 is 1.62 bits per heavy atom. The molecule has 2 fully saturated rings. The second kappa shape index (κ2) is 3.17. The zero-order chi connectivity index (χ0) is 9.47. The highest BCUT2D eigenvalue weighted by molar-refractivity contribution is 8.02. The summed E-state index contributed by atoms with van der Waals surface area (Å²) >= 11 is 1.94. The van der Waals surface area contributed by atoms with Crippen molar-refractivity contribution in [3.63, 3.8) is 0 Å². The highest BCUT2D eigenvalue weighted by atomic mass is 32.2. The zero-order valence-corrected chi connectivity index (χ0v) is 8.82. The van der Waals surface area contributed by atoms with Crippen LogP contribution in [0.4, 0.5) is 0 Å². The molecule has 0 aromatic rings. The fourth-order valence-corrected chi connectivity index (χ4v) is 2.80. The molecule has 1 N–H and O–H groups in total. The number of carbonyl (C=O) groups is 1. The molecule has 4 heteroatoms. The molecule has 3 nitrogen and oxygen atoms in total. The topological polar surface area (TPSA) is 38.3 Å². The average Bonchev–Trinajstić information content (AvgIpc) is 2.45. The Labute approximate surface area is 82.6 Å². The van der Waals surface area contributed by atoms with E-state index in [4.69, 9.17) is 4.74 Å². The van der Waals surface area contributed by atoms with Crippen molar-refractivity contribution < 1.29 is 9.53 Å². The summed E-state index contributed by atoms with van der Waals surface area (Å²) in [5.41, 5.74) is 0. The van der Waals surface area contributed by atoms with Crippen LogP contribution in [0.25, 0.3) is 0 Å². The summed E-state index contributed by atoms with van der Waals surface area (Å²) in [6, 6.07) is 0.415. The second-order valence-electron chi connectivity index (χ2n) is 4.14. The molecule has 2 aliphatic rings. The van der Waals surface area contributed by atoms with E-state index in [1.165, 1.54) is 0 Å². The van der Waals surface area contributed by atoms with E-state index in [9.17, 15) is 4.79 Å². The van der Waals surface area contributed by atoms with Gasteiger partial charge in [0.25, 0.3) is 0 Å². The van der Waals surface area contributed by atoms with Crippen molar-refractivity contribution in [1.29, 1.82) is 0 Å². The van der Waals surface area contributed by atoms with Crippen LogP contribution in [0.1, 0.15) is 20.3 Å². The first-order valence-corrected chi connectivity index (χ1v) is 5.65. The Kier molecular flexibility index (Phi) is 2.28. The minimum atomic E-state index is -0.0762. The molecule has 0 saturated carbocycles. The van der Waals surface area contributed by atoms with Crippen LogP contribution < -0.4 is 5.32 Å². The second-order valence-corrected chi connectivity index (χ2v) is 5.82. The van der Waals surface area contributed by atoms with Gasteiger partial charge >= 0.3 is 5.97 Å². The molecule has 0 aliphatic carbocycles. The molecular weight excluding hydrogens is 186 g/mol. The minimum absolute atomic E-state index is 0.0508. The number of esters is 1. The van der Waals surface area contributed by atoms with Crippen LogP contribution in [-0.4, -0.2) is 35.2 Å². The number of rotatable bonds is 2. The van der Waals surface area contributed by atoms with Crippen molar-refractivity contribution in [1.82, 2.24) is 5.32 Å². The van der Waals surface area contributed by atoms with Gasteiger partial charge in [0.2, 0.25) is 0 Å².